The molecule has 1 aliphatic carbocycles. The summed E-state index contributed by atoms with van der Waals surface area (Å²) in [6.45, 7) is 3.04. The molecule has 1 amide bonds. The molecule has 2 aliphatic rings. The maximum absolute atomic E-state index is 14.0. The molecule has 4 N–H and O–H groups in total. The summed E-state index contributed by atoms with van der Waals surface area (Å²) in [5.74, 6) is -2.41. The molecule has 0 radical (unpaired) electrons. The summed E-state index contributed by atoms with van der Waals surface area (Å²) in [5.41, 5.74) is 1.67. The van der Waals surface area contributed by atoms with Crippen LogP contribution >= 0.6 is 12.4 Å². The summed E-state index contributed by atoms with van der Waals surface area (Å²) in [6, 6.07) is 7.91. The van der Waals surface area contributed by atoms with Crippen LogP contribution in [0.3, 0.4) is 0 Å². The van der Waals surface area contributed by atoms with Gasteiger partial charge in [-0.3, -0.25) is 9.10 Å². The van der Waals surface area contributed by atoms with Gasteiger partial charge < -0.3 is 21.1 Å². The first kappa shape index (κ1) is 33.0. The Morgan fingerprint density at radius 1 is 1.05 bits per heavy atom. The minimum absolute atomic E-state index is 0. The number of hydrogen-bond donors (Lipinski definition) is 4. The Labute approximate surface area is 247 Å². The Morgan fingerprint density at radius 3 is 2.49 bits per heavy atom. The molecular formula is C29H41ClF2N4O4S. The average molecular weight is 615 g/mol. The van der Waals surface area contributed by atoms with Crippen molar-refractivity contribution in [3.8, 4) is 0 Å². The van der Waals surface area contributed by atoms with E-state index >= 15 is 0 Å². The molecule has 1 heterocycles. The number of aliphatic hydroxyl groups excluding tert-OH is 1. The third-order valence-electron chi connectivity index (χ3n) is 7.64. The van der Waals surface area contributed by atoms with E-state index in [4.69, 9.17) is 0 Å². The largest absolute Gasteiger partial charge is 0.390 e. The zero-order valence-electron chi connectivity index (χ0n) is 23.4. The van der Waals surface area contributed by atoms with E-state index in [1.54, 1.807) is 18.2 Å². The number of anilines is 2. The molecule has 0 aromatic heterocycles. The summed E-state index contributed by atoms with van der Waals surface area (Å²) in [5, 5.41) is 20.6. The standard InChI is InChI=1S/C29H40F2N4O4S.ClH/c1-2-32-23-16-21(17-24(18-23)35-12-6-7-13-40(35,38)39)29(37)34-27(15-20-10-11-25(30)26(31)14-20)28(36)19-33-22-8-4-3-5-9-22;/h10-11,14,16-18,22,27-28,32-33,36H,2-9,12-13,15,19H2,1H3,(H,34,37);1H/t27-,28+;/m0./s1. The topological polar surface area (TPSA) is 111 Å². The maximum Gasteiger partial charge on any atom is 0.251 e. The van der Waals surface area contributed by atoms with E-state index in [1.807, 2.05) is 6.92 Å². The van der Waals surface area contributed by atoms with Crippen LogP contribution in [-0.2, 0) is 16.4 Å². The van der Waals surface area contributed by atoms with Crippen molar-refractivity contribution >= 4 is 39.7 Å². The maximum atomic E-state index is 14.0. The molecule has 8 nitrogen and oxygen atoms in total. The van der Waals surface area contributed by atoms with E-state index in [2.05, 4.69) is 16.0 Å². The van der Waals surface area contributed by atoms with Gasteiger partial charge in [-0.2, -0.15) is 0 Å². The van der Waals surface area contributed by atoms with Crippen LogP contribution in [0.25, 0.3) is 0 Å². The smallest absolute Gasteiger partial charge is 0.251 e. The van der Waals surface area contributed by atoms with Crippen LogP contribution in [0.1, 0.15) is 67.8 Å². The molecule has 0 spiro atoms. The number of carbonyl (C=O) groups excluding carboxylic acids is 1. The SMILES string of the molecule is CCNc1cc(C(=O)N[C@@H](Cc2ccc(F)c(F)c2)[C@H](O)CNC2CCCCC2)cc(N2CCCCS2(=O)=O)c1.Cl. The van der Waals surface area contributed by atoms with Crippen LogP contribution < -0.4 is 20.3 Å². The number of nitrogens with one attached hydrogen (secondary N) is 3. The fourth-order valence-electron chi connectivity index (χ4n) is 5.46. The van der Waals surface area contributed by atoms with Crippen molar-refractivity contribution in [2.75, 3.05) is 35.0 Å². The van der Waals surface area contributed by atoms with Gasteiger partial charge in [0.1, 0.15) is 0 Å². The van der Waals surface area contributed by atoms with E-state index in [0.717, 1.165) is 44.2 Å². The normalized spacial score (nSPS) is 18.7. The minimum atomic E-state index is -3.49. The van der Waals surface area contributed by atoms with Crippen LogP contribution in [0, 0.1) is 11.6 Å². The number of amides is 1. The lowest BCUT2D eigenvalue weighted by Crippen LogP contribution is -2.50. The average Bonchev–Trinajstić information content (AvgIpc) is 2.93. The van der Waals surface area contributed by atoms with Crippen molar-refractivity contribution in [1.29, 1.82) is 0 Å². The summed E-state index contributed by atoms with van der Waals surface area (Å²) >= 11 is 0. The first-order valence-corrected chi connectivity index (χ1v) is 15.8. The summed E-state index contributed by atoms with van der Waals surface area (Å²) in [6.07, 6.45) is 5.88. The van der Waals surface area contributed by atoms with Gasteiger partial charge in [0.05, 0.1) is 23.6 Å². The molecular weight excluding hydrogens is 574 g/mol. The van der Waals surface area contributed by atoms with Crippen LogP contribution in [0.2, 0.25) is 0 Å². The Bertz CT molecular complexity index is 1280. The van der Waals surface area contributed by atoms with Crippen LogP contribution in [0.4, 0.5) is 20.2 Å². The van der Waals surface area contributed by atoms with Crippen LogP contribution in [0.5, 0.6) is 0 Å². The molecule has 2 atom stereocenters. The zero-order chi connectivity index (χ0) is 28.7. The van der Waals surface area contributed by atoms with E-state index in [-0.39, 0.29) is 42.7 Å². The molecule has 1 saturated carbocycles. The van der Waals surface area contributed by atoms with E-state index in [0.29, 0.717) is 36.4 Å². The zero-order valence-corrected chi connectivity index (χ0v) is 25.0. The van der Waals surface area contributed by atoms with Gasteiger partial charge in [-0.05, 0) is 74.9 Å². The molecule has 0 unspecified atom stereocenters. The molecule has 2 aromatic carbocycles. The fourth-order valence-corrected chi connectivity index (χ4v) is 7.09. The van der Waals surface area contributed by atoms with Gasteiger partial charge >= 0.3 is 0 Å². The molecule has 2 fully saturated rings. The Morgan fingerprint density at radius 2 is 1.80 bits per heavy atom. The highest BCUT2D eigenvalue weighted by Gasteiger charge is 2.28. The van der Waals surface area contributed by atoms with Gasteiger partial charge in [0.25, 0.3) is 5.91 Å². The molecule has 1 aliphatic heterocycles. The van der Waals surface area contributed by atoms with E-state index < -0.39 is 39.7 Å². The lowest BCUT2D eigenvalue weighted by atomic mass is 9.94. The third-order valence-corrected chi connectivity index (χ3v) is 9.51. The lowest BCUT2D eigenvalue weighted by molar-refractivity contribution is 0.0821. The highest BCUT2D eigenvalue weighted by Crippen LogP contribution is 2.28. The first-order chi connectivity index (χ1) is 19.2. The number of hydrogen-bond acceptors (Lipinski definition) is 6. The van der Waals surface area contributed by atoms with Crippen molar-refractivity contribution in [2.45, 2.75) is 76.5 Å². The minimum Gasteiger partial charge on any atom is -0.390 e. The summed E-state index contributed by atoms with van der Waals surface area (Å²) in [7, 11) is -3.49. The van der Waals surface area contributed by atoms with Gasteiger partial charge in [0.2, 0.25) is 10.0 Å². The molecule has 1 saturated heterocycles. The number of benzene rings is 2. The molecule has 12 heteroatoms. The van der Waals surface area contributed by atoms with Crippen LogP contribution in [0.15, 0.2) is 36.4 Å². The number of sulfonamides is 1. The second-order valence-electron chi connectivity index (χ2n) is 10.7. The monoisotopic (exact) mass is 614 g/mol. The highest BCUT2D eigenvalue weighted by molar-refractivity contribution is 7.92. The van der Waals surface area contributed by atoms with Crippen molar-refractivity contribution in [3.63, 3.8) is 0 Å². The Kier molecular flexibility index (Phi) is 12.2. The van der Waals surface area contributed by atoms with Gasteiger partial charge in [-0.1, -0.05) is 25.3 Å². The van der Waals surface area contributed by atoms with E-state index in [9.17, 15) is 27.1 Å². The molecule has 41 heavy (non-hydrogen) atoms. The first-order valence-electron chi connectivity index (χ1n) is 14.2. The highest BCUT2D eigenvalue weighted by atomic mass is 35.5. The second kappa shape index (κ2) is 15.1. The predicted octanol–water partition coefficient (Wildman–Crippen LogP) is 4.37. The summed E-state index contributed by atoms with van der Waals surface area (Å²) in [4.78, 5) is 13.6. The summed E-state index contributed by atoms with van der Waals surface area (Å²) < 4.78 is 54.4. The number of nitrogens with zero attached hydrogens (tertiary/aromatic N) is 1. The van der Waals surface area contributed by atoms with Gasteiger partial charge in [0, 0.05) is 36.9 Å². The number of carbonyl (C=O) groups is 1. The molecule has 4 rings (SSSR count). The van der Waals surface area contributed by atoms with E-state index in [1.165, 1.54) is 16.8 Å². The van der Waals surface area contributed by atoms with Crippen molar-refractivity contribution < 1.29 is 27.1 Å². The second-order valence-corrected chi connectivity index (χ2v) is 12.8. The molecule has 0 bridgehead atoms. The number of aliphatic hydroxyl groups is 1. The van der Waals surface area contributed by atoms with Gasteiger partial charge in [-0.25, -0.2) is 17.2 Å². The number of halogens is 3. The number of rotatable bonds is 11. The quantitative estimate of drug-likeness (QED) is 0.299. The predicted molar refractivity (Wildman–Crippen MR) is 160 cm³/mol. The van der Waals surface area contributed by atoms with Crippen molar-refractivity contribution in [3.05, 3.63) is 59.2 Å². The van der Waals surface area contributed by atoms with Gasteiger partial charge in [0.15, 0.2) is 11.6 Å². The molecule has 228 valence electrons. The van der Waals surface area contributed by atoms with Crippen molar-refractivity contribution in [1.82, 2.24) is 10.6 Å². The fraction of sp³-hybridized carbons (Fsp3) is 0.552. The Hall–Kier alpha value is -2.47. The Balaban J connectivity index is 0.00000462. The van der Waals surface area contributed by atoms with Gasteiger partial charge in [-0.15, -0.1) is 12.4 Å². The van der Waals surface area contributed by atoms with Crippen molar-refractivity contribution in [2.24, 2.45) is 0 Å². The molecule has 2 aromatic rings. The van der Waals surface area contributed by atoms with Crippen LogP contribution in [-0.4, -0.2) is 63.0 Å². The third kappa shape index (κ3) is 9.01. The lowest BCUT2D eigenvalue weighted by Gasteiger charge is -2.30.